The zero-order valence-electron chi connectivity index (χ0n) is 16.1. The van der Waals surface area contributed by atoms with Gasteiger partial charge in [-0.25, -0.2) is 4.39 Å². The van der Waals surface area contributed by atoms with Crippen LogP contribution in [0.3, 0.4) is 0 Å². The van der Waals surface area contributed by atoms with Crippen LogP contribution in [0, 0.1) is 5.82 Å². The monoisotopic (exact) mass is 394 g/mol. The van der Waals surface area contributed by atoms with Gasteiger partial charge in [0, 0.05) is 19.4 Å². The van der Waals surface area contributed by atoms with E-state index in [-0.39, 0.29) is 29.7 Å². The molecule has 3 fully saturated rings. The van der Waals surface area contributed by atoms with E-state index in [1.165, 1.54) is 12.1 Å². The standard InChI is InChI=1S/C23H23FN2O3/c24-18-9-6-16(7-10-18)8-11-21(27)25-13-12-23-20(25)14-22(28)26(23)19(15-29-23)17-4-2-1-3-5-17/h1-7,9-10,19-20H,8,11-15H2/t19-,20+,23-/m0/s1. The largest absolute Gasteiger partial charge is 0.351 e. The molecule has 29 heavy (non-hydrogen) atoms. The molecule has 3 aliphatic rings. The van der Waals surface area contributed by atoms with Crippen molar-refractivity contribution < 1.29 is 18.7 Å². The number of hydrogen-bond acceptors (Lipinski definition) is 3. The average Bonchev–Trinajstić information content (AvgIpc) is 3.37. The zero-order valence-corrected chi connectivity index (χ0v) is 16.1. The Bertz CT molecular complexity index is 933. The second kappa shape index (κ2) is 6.95. The Morgan fingerprint density at radius 3 is 2.66 bits per heavy atom. The molecule has 3 heterocycles. The highest BCUT2D eigenvalue weighted by molar-refractivity contribution is 5.85. The summed E-state index contributed by atoms with van der Waals surface area (Å²) < 4.78 is 19.3. The van der Waals surface area contributed by atoms with Gasteiger partial charge in [0.2, 0.25) is 11.8 Å². The fourth-order valence-corrected chi connectivity index (χ4v) is 5.11. The van der Waals surface area contributed by atoms with Crippen LogP contribution in [-0.4, -0.2) is 46.5 Å². The number of nitrogens with zero attached hydrogens (tertiary/aromatic N) is 2. The molecule has 0 N–H and O–H groups in total. The van der Waals surface area contributed by atoms with Crippen LogP contribution >= 0.6 is 0 Å². The number of aryl methyl sites for hydroxylation is 1. The van der Waals surface area contributed by atoms with Crippen molar-refractivity contribution in [3.63, 3.8) is 0 Å². The summed E-state index contributed by atoms with van der Waals surface area (Å²) >= 11 is 0. The van der Waals surface area contributed by atoms with Crippen LogP contribution in [0.15, 0.2) is 54.6 Å². The number of ether oxygens (including phenoxy) is 1. The number of amides is 2. The second-order valence-electron chi connectivity index (χ2n) is 8.03. The van der Waals surface area contributed by atoms with Gasteiger partial charge in [-0.05, 0) is 29.7 Å². The van der Waals surface area contributed by atoms with Gasteiger partial charge in [0.1, 0.15) is 5.82 Å². The number of benzene rings is 2. The maximum atomic E-state index is 13.1. The molecule has 3 atom stereocenters. The van der Waals surface area contributed by atoms with Gasteiger partial charge < -0.3 is 14.5 Å². The van der Waals surface area contributed by atoms with Crippen LogP contribution in [0.1, 0.15) is 36.4 Å². The zero-order chi connectivity index (χ0) is 20.0. The van der Waals surface area contributed by atoms with Crippen molar-refractivity contribution in [2.24, 2.45) is 0 Å². The summed E-state index contributed by atoms with van der Waals surface area (Å²) in [6, 6.07) is 15.9. The number of likely N-dealkylation sites (tertiary alicyclic amines) is 1. The number of rotatable bonds is 4. The molecule has 1 spiro atoms. The molecule has 2 amide bonds. The van der Waals surface area contributed by atoms with E-state index in [9.17, 15) is 14.0 Å². The van der Waals surface area contributed by atoms with E-state index in [4.69, 9.17) is 4.74 Å². The van der Waals surface area contributed by atoms with Crippen molar-refractivity contribution in [1.82, 2.24) is 9.80 Å². The molecule has 3 aliphatic heterocycles. The summed E-state index contributed by atoms with van der Waals surface area (Å²) in [5, 5.41) is 0. The van der Waals surface area contributed by atoms with Gasteiger partial charge in [-0.15, -0.1) is 0 Å². The lowest BCUT2D eigenvalue weighted by atomic mass is 10.0. The molecule has 0 unspecified atom stereocenters. The minimum absolute atomic E-state index is 0.0256. The van der Waals surface area contributed by atoms with Crippen molar-refractivity contribution in [2.45, 2.75) is 43.5 Å². The smallest absolute Gasteiger partial charge is 0.227 e. The van der Waals surface area contributed by atoms with E-state index in [1.807, 2.05) is 40.1 Å². The highest BCUT2D eigenvalue weighted by atomic mass is 19.1. The van der Waals surface area contributed by atoms with Gasteiger partial charge in [-0.2, -0.15) is 0 Å². The molecular formula is C23H23FN2O3. The molecule has 2 aromatic carbocycles. The number of hydrogen-bond donors (Lipinski definition) is 0. The van der Waals surface area contributed by atoms with Gasteiger partial charge in [0.05, 0.1) is 25.1 Å². The van der Waals surface area contributed by atoms with E-state index in [2.05, 4.69) is 0 Å². The summed E-state index contributed by atoms with van der Waals surface area (Å²) in [5.74, 6) is -0.201. The van der Waals surface area contributed by atoms with Crippen LogP contribution < -0.4 is 0 Å². The first-order valence-electron chi connectivity index (χ1n) is 10.1. The quantitative estimate of drug-likeness (QED) is 0.801. The molecule has 5 nitrogen and oxygen atoms in total. The summed E-state index contributed by atoms with van der Waals surface area (Å²) in [6.07, 6.45) is 1.86. The van der Waals surface area contributed by atoms with E-state index in [0.29, 0.717) is 38.8 Å². The van der Waals surface area contributed by atoms with Crippen molar-refractivity contribution in [3.8, 4) is 0 Å². The Kier molecular flexibility index (Phi) is 4.39. The van der Waals surface area contributed by atoms with Gasteiger partial charge in [-0.1, -0.05) is 42.5 Å². The van der Waals surface area contributed by atoms with Crippen LogP contribution in [0.2, 0.25) is 0 Å². The van der Waals surface area contributed by atoms with Crippen molar-refractivity contribution >= 4 is 11.8 Å². The van der Waals surface area contributed by atoms with Crippen LogP contribution in [0.25, 0.3) is 0 Å². The van der Waals surface area contributed by atoms with Gasteiger partial charge in [0.25, 0.3) is 0 Å². The summed E-state index contributed by atoms with van der Waals surface area (Å²) in [5.41, 5.74) is 1.31. The minimum atomic E-state index is -0.691. The van der Waals surface area contributed by atoms with E-state index in [0.717, 1.165) is 11.1 Å². The van der Waals surface area contributed by atoms with Crippen molar-refractivity contribution in [2.75, 3.05) is 13.2 Å². The van der Waals surface area contributed by atoms with Crippen LogP contribution in [-0.2, 0) is 20.7 Å². The van der Waals surface area contributed by atoms with Gasteiger partial charge in [0.15, 0.2) is 5.72 Å². The summed E-state index contributed by atoms with van der Waals surface area (Å²) in [6.45, 7) is 1.06. The lowest BCUT2D eigenvalue weighted by molar-refractivity contribution is -0.141. The minimum Gasteiger partial charge on any atom is -0.351 e. The second-order valence-corrected chi connectivity index (χ2v) is 8.03. The fraction of sp³-hybridized carbons (Fsp3) is 0.391. The summed E-state index contributed by atoms with van der Waals surface area (Å²) in [7, 11) is 0. The Morgan fingerprint density at radius 2 is 1.90 bits per heavy atom. The third kappa shape index (κ3) is 2.94. The topological polar surface area (TPSA) is 49.9 Å². The molecule has 0 aromatic heterocycles. The SMILES string of the molecule is O=C(CCc1ccc(F)cc1)N1CC[C@@]23OC[C@@H](c4ccccc4)N2C(=O)C[C@@H]13. The van der Waals surface area contributed by atoms with E-state index < -0.39 is 5.72 Å². The highest BCUT2D eigenvalue weighted by Crippen LogP contribution is 2.51. The van der Waals surface area contributed by atoms with Crippen LogP contribution in [0.5, 0.6) is 0 Å². The maximum absolute atomic E-state index is 13.1. The third-order valence-corrected chi connectivity index (χ3v) is 6.50. The fourth-order valence-electron chi connectivity index (χ4n) is 5.11. The molecule has 2 aromatic rings. The Hall–Kier alpha value is -2.73. The van der Waals surface area contributed by atoms with Gasteiger partial charge >= 0.3 is 0 Å². The first kappa shape index (κ1) is 18.3. The predicted molar refractivity (Wildman–Crippen MR) is 104 cm³/mol. The molecule has 0 saturated carbocycles. The first-order valence-corrected chi connectivity index (χ1v) is 10.1. The Morgan fingerprint density at radius 1 is 1.14 bits per heavy atom. The average molecular weight is 394 g/mol. The normalized spacial score (nSPS) is 28.0. The third-order valence-electron chi connectivity index (χ3n) is 6.50. The van der Waals surface area contributed by atoms with E-state index in [1.54, 1.807) is 12.1 Å². The maximum Gasteiger partial charge on any atom is 0.227 e. The molecular weight excluding hydrogens is 371 g/mol. The molecule has 6 heteroatoms. The van der Waals surface area contributed by atoms with Crippen molar-refractivity contribution in [1.29, 1.82) is 0 Å². The molecule has 0 aliphatic carbocycles. The van der Waals surface area contributed by atoms with E-state index >= 15 is 0 Å². The van der Waals surface area contributed by atoms with Crippen LogP contribution in [0.4, 0.5) is 4.39 Å². The van der Waals surface area contributed by atoms with Crippen molar-refractivity contribution in [3.05, 3.63) is 71.5 Å². The summed E-state index contributed by atoms with van der Waals surface area (Å²) in [4.78, 5) is 29.6. The predicted octanol–water partition coefficient (Wildman–Crippen LogP) is 3.06. The number of carbonyl (C=O) groups excluding carboxylic acids is 2. The molecule has 150 valence electrons. The highest BCUT2D eigenvalue weighted by Gasteiger charge is 2.65. The first-order chi connectivity index (χ1) is 14.1. The van der Waals surface area contributed by atoms with Gasteiger partial charge in [-0.3, -0.25) is 9.59 Å². The number of halogens is 1. The molecule has 0 bridgehead atoms. The number of carbonyl (C=O) groups is 2. The Balaban J connectivity index is 1.32. The lowest BCUT2D eigenvalue weighted by Gasteiger charge is -2.33. The Labute approximate surface area is 169 Å². The molecule has 3 saturated heterocycles. The molecule has 5 rings (SSSR count). The molecule has 0 radical (unpaired) electrons. The lowest BCUT2D eigenvalue weighted by Crippen LogP contribution is -2.49.